The summed E-state index contributed by atoms with van der Waals surface area (Å²) in [5, 5.41) is 9.62. The maximum absolute atomic E-state index is 14.8. The second kappa shape index (κ2) is 8.74. The first-order chi connectivity index (χ1) is 14.3. The largest absolute Gasteiger partial charge is 0.512 e. The summed E-state index contributed by atoms with van der Waals surface area (Å²) in [5.41, 5.74) is 0.699. The Hall–Kier alpha value is -1.20. The maximum Gasteiger partial charge on any atom is 0.165 e. The van der Waals surface area contributed by atoms with E-state index in [1.54, 1.807) is 17.8 Å². The zero-order chi connectivity index (χ0) is 21.6. The van der Waals surface area contributed by atoms with Crippen molar-refractivity contribution in [2.45, 2.75) is 76.3 Å². The van der Waals surface area contributed by atoms with Crippen LogP contribution >= 0.6 is 11.8 Å². The number of aliphatic hydroxyl groups is 1. The van der Waals surface area contributed by atoms with Gasteiger partial charge >= 0.3 is 0 Å². The minimum atomic E-state index is -0.388. The number of aliphatic hydroxyl groups excluding tert-OH is 1. The summed E-state index contributed by atoms with van der Waals surface area (Å²) in [7, 11) is 0. The van der Waals surface area contributed by atoms with Crippen LogP contribution in [0.2, 0.25) is 0 Å². The van der Waals surface area contributed by atoms with Gasteiger partial charge in [-0.3, -0.25) is 0 Å². The first-order valence-corrected chi connectivity index (χ1v) is 12.3. The molecule has 1 aromatic carbocycles. The Morgan fingerprint density at radius 3 is 2.63 bits per heavy atom. The van der Waals surface area contributed by atoms with E-state index in [-0.39, 0.29) is 40.2 Å². The van der Waals surface area contributed by atoms with Crippen LogP contribution in [0.1, 0.15) is 64.9 Å². The van der Waals surface area contributed by atoms with Crippen LogP contribution in [0.3, 0.4) is 0 Å². The van der Waals surface area contributed by atoms with Gasteiger partial charge in [0.1, 0.15) is 10.9 Å². The Balaban J connectivity index is 1.55. The van der Waals surface area contributed by atoms with Crippen LogP contribution in [0, 0.1) is 35.4 Å². The van der Waals surface area contributed by atoms with Crippen LogP contribution < -0.4 is 4.74 Å². The Labute approximate surface area is 184 Å². The molecule has 9 atom stereocenters. The van der Waals surface area contributed by atoms with E-state index in [0.29, 0.717) is 23.3 Å². The summed E-state index contributed by atoms with van der Waals surface area (Å²) in [6.07, 6.45) is 5.11. The van der Waals surface area contributed by atoms with Crippen molar-refractivity contribution in [3.63, 3.8) is 0 Å². The van der Waals surface area contributed by atoms with Crippen molar-refractivity contribution in [3.8, 4) is 5.75 Å². The van der Waals surface area contributed by atoms with E-state index in [2.05, 4.69) is 27.4 Å². The predicted octanol–water partition coefficient (Wildman–Crippen LogP) is 6.89. The van der Waals surface area contributed by atoms with Gasteiger partial charge in [0, 0.05) is 17.8 Å². The van der Waals surface area contributed by atoms with Crippen LogP contribution in [0.4, 0.5) is 4.39 Å². The third-order valence-corrected chi connectivity index (χ3v) is 9.32. The lowest BCUT2D eigenvalue weighted by Crippen LogP contribution is -2.50. The van der Waals surface area contributed by atoms with Crippen molar-refractivity contribution in [2.75, 3.05) is 0 Å². The van der Waals surface area contributed by atoms with Crippen molar-refractivity contribution in [1.82, 2.24) is 0 Å². The second-order valence-electron chi connectivity index (χ2n) is 9.74. The van der Waals surface area contributed by atoms with Gasteiger partial charge in [-0.15, -0.1) is 0 Å². The standard InChI is InChI=1S/C25H35FO3S/c1-13-6-9-20-16(4)24(30-25-23(20)19(13)10-7-14(2)28-25)29-22-11-8-18(12-21(22)26)15(3)17(5)27/h8,11-16,19-20,23-25,27H,5-7,9-10H2,1-4H3/t13-,14?,15-,16-,19+,20+,23?,24+,25+/m1/s1. The molecule has 1 aromatic rings. The van der Waals surface area contributed by atoms with E-state index in [9.17, 15) is 9.50 Å². The van der Waals surface area contributed by atoms with E-state index >= 15 is 0 Å². The lowest BCUT2D eigenvalue weighted by molar-refractivity contribution is -0.0490. The third-order valence-electron chi connectivity index (χ3n) is 7.83. The summed E-state index contributed by atoms with van der Waals surface area (Å²) in [6, 6.07) is 4.95. The molecule has 1 aliphatic carbocycles. The molecule has 30 heavy (non-hydrogen) atoms. The van der Waals surface area contributed by atoms with Crippen LogP contribution in [0.5, 0.6) is 5.75 Å². The van der Waals surface area contributed by atoms with Crippen LogP contribution in [0.25, 0.3) is 0 Å². The Morgan fingerprint density at radius 1 is 1.20 bits per heavy atom. The van der Waals surface area contributed by atoms with E-state index in [4.69, 9.17) is 9.47 Å². The lowest BCUT2D eigenvalue weighted by Gasteiger charge is -2.51. The number of halogens is 1. The van der Waals surface area contributed by atoms with Gasteiger partial charge in [-0.05, 0) is 61.6 Å². The molecule has 2 heterocycles. The highest BCUT2D eigenvalue weighted by Crippen LogP contribution is 2.56. The molecule has 2 unspecified atom stereocenters. The highest BCUT2D eigenvalue weighted by atomic mass is 32.2. The summed E-state index contributed by atoms with van der Waals surface area (Å²) < 4.78 is 27.6. The number of thioether (sulfide) groups is 1. The van der Waals surface area contributed by atoms with E-state index in [1.165, 1.54) is 25.3 Å². The van der Waals surface area contributed by atoms with E-state index in [1.807, 2.05) is 13.0 Å². The van der Waals surface area contributed by atoms with Gasteiger partial charge in [-0.1, -0.05) is 51.6 Å². The molecule has 3 aliphatic rings. The third kappa shape index (κ3) is 4.12. The average Bonchev–Trinajstić information content (AvgIpc) is 2.87. The number of ether oxygens (including phenoxy) is 2. The minimum Gasteiger partial charge on any atom is -0.512 e. The normalized spacial score (nSPS) is 39.5. The lowest BCUT2D eigenvalue weighted by atomic mass is 9.62. The highest BCUT2D eigenvalue weighted by Gasteiger charge is 2.52. The fraction of sp³-hybridized carbons (Fsp3) is 0.680. The zero-order valence-electron chi connectivity index (χ0n) is 18.5. The predicted molar refractivity (Wildman–Crippen MR) is 120 cm³/mol. The molecule has 1 N–H and O–H groups in total. The molecule has 2 saturated heterocycles. The molecule has 3 nitrogen and oxygen atoms in total. The van der Waals surface area contributed by atoms with Gasteiger partial charge in [-0.2, -0.15) is 0 Å². The fourth-order valence-corrected chi connectivity index (χ4v) is 7.50. The van der Waals surface area contributed by atoms with Gasteiger partial charge in [0.15, 0.2) is 11.6 Å². The van der Waals surface area contributed by atoms with E-state index in [0.717, 1.165) is 18.3 Å². The van der Waals surface area contributed by atoms with Crippen LogP contribution in [0.15, 0.2) is 30.5 Å². The molecule has 1 saturated carbocycles. The SMILES string of the molecule is C=C(O)[C@@H](C)c1ccc(O[C@H]2S[C@@H]3OC(C)CC[C@@H]4C3[C@@H](CC[C@H]4C)[C@H]2C)c(F)c1. The molecule has 0 spiro atoms. The number of allylic oxidation sites excluding steroid dienone is 1. The molecular formula is C25H35FO3S. The van der Waals surface area contributed by atoms with Crippen molar-refractivity contribution >= 4 is 11.8 Å². The van der Waals surface area contributed by atoms with E-state index < -0.39 is 0 Å². The maximum atomic E-state index is 14.8. The van der Waals surface area contributed by atoms with Crippen molar-refractivity contribution < 1.29 is 19.0 Å². The fourth-order valence-electron chi connectivity index (χ4n) is 5.78. The molecule has 0 aromatic heterocycles. The Bertz CT molecular complexity index is 784. The topological polar surface area (TPSA) is 38.7 Å². The number of hydrogen-bond donors (Lipinski definition) is 1. The molecule has 4 rings (SSSR count). The first-order valence-electron chi connectivity index (χ1n) is 11.4. The van der Waals surface area contributed by atoms with Crippen LogP contribution in [-0.2, 0) is 4.74 Å². The van der Waals surface area contributed by atoms with Gasteiger partial charge in [-0.25, -0.2) is 4.39 Å². The van der Waals surface area contributed by atoms with Crippen molar-refractivity contribution in [1.29, 1.82) is 0 Å². The molecule has 166 valence electrons. The molecular weight excluding hydrogens is 399 g/mol. The monoisotopic (exact) mass is 434 g/mol. The molecule has 0 radical (unpaired) electrons. The molecule has 0 bridgehead atoms. The number of rotatable bonds is 4. The average molecular weight is 435 g/mol. The zero-order valence-corrected chi connectivity index (χ0v) is 19.3. The highest BCUT2D eigenvalue weighted by molar-refractivity contribution is 8.00. The first kappa shape index (κ1) is 22.0. The summed E-state index contributed by atoms with van der Waals surface area (Å²) >= 11 is 1.75. The smallest absolute Gasteiger partial charge is 0.165 e. The number of hydrogen-bond acceptors (Lipinski definition) is 4. The van der Waals surface area contributed by atoms with Gasteiger partial charge in [0.25, 0.3) is 0 Å². The van der Waals surface area contributed by atoms with Gasteiger partial charge in [0.05, 0.1) is 11.9 Å². The molecule has 2 aliphatic heterocycles. The number of benzene rings is 1. The summed E-state index contributed by atoms with van der Waals surface area (Å²) in [5.74, 6) is 2.57. The Kier molecular flexibility index (Phi) is 6.41. The molecule has 0 amide bonds. The van der Waals surface area contributed by atoms with Gasteiger partial charge in [0.2, 0.25) is 0 Å². The summed E-state index contributed by atoms with van der Waals surface area (Å²) in [4.78, 5) is 0. The van der Waals surface area contributed by atoms with Crippen molar-refractivity contribution in [3.05, 3.63) is 41.9 Å². The van der Waals surface area contributed by atoms with Crippen molar-refractivity contribution in [2.24, 2.45) is 29.6 Å². The Morgan fingerprint density at radius 2 is 1.93 bits per heavy atom. The summed E-state index contributed by atoms with van der Waals surface area (Å²) in [6.45, 7) is 12.2. The quantitative estimate of drug-likeness (QED) is 0.524. The minimum absolute atomic E-state index is 0.0336. The van der Waals surface area contributed by atoms with Crippen LogP contribution in [-0.4, -0.2) is 22.1 Å². The second-order valence-corrected chi connectivity index (χ2v) is 10.9. The van der Waals surface area contributed by atoms with Gasteiger partial charge < -0.3 is 14.6 Å². The molecule has 5 heteroatoms. The molecule has 3 fully saturated rings.